The van der Waals surface area contributed by atoms with Crippen LogP contribution in [0.3, 0.4) is 0 Å². The Morgan fingerprint density at radius 3 is 0.780 bits per heavy atom. The Morgan fingerprint density at radius 1 is 0.297 bits per heavy atom. The second-order valence-corrected chi connectivity index (χ2v) is 28.8. The fraction of sp³-hybridized carbons (Fsp3) is 0.906. The van der Waals surface area contributed by atoms with E-state index in [4.69, 9.17) is 4.74 Å². The third kappa shape index (κ3) is 77.0. The average molecular weight is 1280 g/mol. The van der Waals surface area contributed by atoms with Crippen LogP contribution in [0.4, 0.5) is 0 Å². The molecule has 2 atom stereocenters. The van der Waals surface area contributed by atoms with Crippen molar-refractivity contribution >= 4 is 11.9 Å². The Kier molecular flexibility index (Phi) is 78.8. The Balaban J connectivity index is 3.37. The lowest BCUT2D eigenvalue weighted by Gasteiger charge is -2.20. The van der Waals surface area contributed by atoms with Gasteiger partial charge in [0.25, 0.3) is 0 Å². The van der Waals surface area contributed by atoms with Gasteiger partial charge in [0.1, 0.15) is 0 Å². The number of rotatable bonds is 79. The minimum absolute atomic E-state index is 0.0180. The van der Waals surface area contributed by atoms with Gasteiger partial charge in [-0.05, 0) is 83.5 Å². The maximum Gasteiger partial charge on any atom is 0.305 e. The van der Waals surface area contributed by atoms with Crippen LogP contribution < -0.4 is 5.32 Å². The van der Waals surface area contributed by atoms with E-state index in [0.717, 1.165) is 38.5 Å². The molecule has 0 radical (unpaired) electrons. The van der Waals surface area contributed by atoms with Gasteiger partial charge in [0.05, 0.1) is 25.4 Å². The highest BCUT2D eigenvalue weighted by Gasteiger charge is 2.18. The highest BCUT2D eigenvalue weighted by molar-refractivity contribution is 5.76. The van der Waals surface area contributed by atoms with Crippen molar-refractivity contribution in [2.24, 2.45) is 0 Å². The molecule has 6 heteroatoms. The summed E-state index contributed by atoms with van der Waals surface area (Å²) in [5, 5.41) is 23.3. The lowest BCUT2D eigenvalue weighted by atomic mass is 10.0. The number of aliphatic hydroxyl groups excluding tert-OH is 2. The van der Waals surface area contributed by atoms with E-state index in [0.29, 0.717) is 19.4 Å². The summed E-state index contributed by atoms with van der Waals surface area (Å²) in [7, 11) is 0. The van der Waals surface area contributed by atoms with E-state index in [9.17, 15) is 19.8 Å². The molecule has 0 aromatic heterocycles. The lowest BCUT2D eigenvalue weighted by Crippen LogP contribution is -2.45. The molecule has 0 aromatic rings. The molecule has 0 aliphatic heterocycles. The number of ether oxygens (including phenoxy) is 1. The highest BCUT2D eigenvalue weighted by Crippen LogP contribution is 2.20. The first kappa shape index (κ1) is 89.1. The van der Waals surface area contributed by atoms with Crippen LogP contribution in [0.2, 0.25) is 0 Å². The molecule has 0 rings (SSSR count). The molecule has 0 fully saturated rings. The van der Waals surface area contributed by atoms with Gasteiger partial charge >= 0.3 is 5.97 Å². The van der Waals surface area contributed by atoms with Crippen molar-refractivity contribution in [3.63, 3.8) is 0 Å². The molecule has 0 aliphatic carbocycles. The highest BCUT2D eigenvalue weighted by atomic mass is 16.5. The standard InChI is InChI=1S/C85H163NO5/c1-3-5-7-9-11-13-15-17-19-21-23-24-25-35-38-42-45-49-53-57-61-65-69-73-77-83(88)82(81-87)86-84(89)78-74-70-66-62-58-54-50-46-43-39-36-33-31-29-27-26-28-30-32-34-37-40-44-48-52-56-60-64-68-72-76-80-91-85(90)79-75-71-67-63-59-55-51-47-41-22-20-18-16-14-12-10-8-6-4-2/h18,20,28,30,73,77,82-83,87-88H,3-17,19,21-27,29,31-72,74-76,78-81H2,1-2H3,(H,86,89)/b20-18-,30-28-,77-73+. The molecule has 3 N–H and O–H groups in total. The summed E-state index contributed by atoms with van der Waals surface area (Å²) in [4.78, 5) is 24.7. The van der Waals surface area contributed by atoms with Crippen LogP contribution in [-0.2, 0) is 14.3 Å². The monoisotopic (exact) mass is 1280 g/mol. The van der Waals surface area contributed by atoms with Gasteiger partial charge in [-0.1, -0.05) is 410 Å². The predicted molar refractivity (Wildman–Crippen MR) is 403 cm³/mol. The summed E-state index contributed by atoms with van der Waals surface area (Å²) in [5.74, 6) is -0.0427. The Bertz CT molecular complexity index is 1470. The molecule has 538 valence electrons. The van der Waals surface area contributed by atoms with Crippen LogP contribution in [0.15, 0.2) is 36.5 Å². The Hall–Kier alpha value is -1.92. The summed E-state index contributed by atoms with van der Waals surface area (Å²) in [6.45, 7) is 4.95. The number of carbonyl (C=O) groups is 2. The first-order valence-corrected chi connectivity index (χ1v) is 41.8. The van der Waals surface area contributed by atoms with Crippen LogP contribution in [0, 0.1) is 0 Å². The number of unbranched alkanes of at least 4 members (excludes halogenated alkanes) is 64. The second-order valence-electron chi connectivity index (χ2n) is 28.8. The van der Waals surface area contributed by atoms with E-state index in [1.165, 1.54) is 405 Å². The van der Waals surface area contributed by atoms with Crippen molar-refractivity contribution in [3.8, 4) is 0 Å². The lowest BCUT2D eigenvalue weighted by molar-refractivity contribution is -0.143. The third-order valence-corrected chi connectivity index (χ3v) is 19.6. The first-order valence-electron chi connectivity index (χ1n) is 41.8. The van der Waals surface area contributed by atoms with Crippen LogP contribution in [0.25, 0.3) is 0 Å². The molecule has 2 unspecified atom stereocenters. The zero-order valence-corrected chi connectivity index (χ0v) is 61.9. The van der Waals surface area contributed by atoms with Crippen LogP contribution in [0.1, 0.15) is 470 Å². The summed E-state index contributed by atoms with van der Waals surface area (Å²) in [5.41, 5.74) is 0. The van der Waals surface area contributed by atoms with Crippen molar-refractivity contribution < 1.29 is 24.5 Å². The molecule has 0 aliphatic rings. The third-order valence-electron chi connectivity index (χ3n) is 19.6. The molecule has 0 bridgehead atoms. The zero-order chi connectivity index (χ0) is 65.6. The topological polar surface area (TPSA) is 95.9 Å². The van der Waals surface area contributed by atoms with Crippen LogP contribution >= 0.6 is 0 Å². The molecule has 0 aromatic carbocycles. The normalized spacial score (nSPS) is 12.6. The smallest absolute Gasteiger partial charge is 0.305 e. The number of nitrogens with one attached hydrogen (secondary N) is 1. The molecule has 1 amide bonds. The van der Waals surface area contributed by atoms with Gasteiger partial charge in [-0.25, -0.2) is 0 Å². The number of esters is 1. The SMILES string of the molecule is CCCCCCCC/C=C\CCCCCCCCCCCC(=O)OCCCCCCCCCCCCCC/C=C\CCCCCCCCCCCCCCCCCC(=O)NC(CO)C(O)/C=C/CCCCCCCCCCCCCCCCCCCCCCCC. The minimum Gasteiger partial charge on any atom is -0.466 e. The summed E-state index contributed by atoms with van der Waals surface area (Å²) < 4.78 is 5.52. The number of allylic oxidation sites excluding steroid dienone is 5. The second kappa shape index (κ2) is 80.5. The van der Waals surface area contributed by atoms with E-state index in [1.807, 2.05) is 6.08 Å². The average Bonchev–Trinajstić information content (AvgIpc) is 3.65. The van der Waals surface area contributed by atoms with Gasteiger partial charge in [-0.3, -0.25) is 9.59 Å². The Morgan fingerprint density at radius 2 is 0.516 bits per heavy atom. The molecule has 0 saturated carbocycles. The van der Waals surface area contributed by atoms with Crippen molar-refractivity contribution in [1.82, 2.24) is 5.32 Å². The summed E-state index contributed by atoms with van der Waals surface area (Å²) in [6, 6.07) is -0.628. The predicted octanol–water partition coefficient (Wildman–Crippen LogP) is 27.8. The number of hydrogen-bond acceptors (Lipinski definition) is 5. The zero-order valence-electron chi connectivity index (χ0n) is 61.9. The molecule has 0 heterocycles. The van der Waals surface area contributed by atoms with Crippen LogP contribution in [-0.4, -0.2) is 47.4 Å². The van der Waals surface area contributed by atoms with E-state index in [1.54, 1.807) is 6.08 Å². The fourth-order valence-corrected chi connectivity index (χ4v) is 13.3. The van der Waals surface area contributed by atoms with Gasteiger partial charge in [-0.2, -0.15) is 0 Å². The molecular weight excluding hydrogens is 1110 g/mol. The van der Waals surface area contributed by atoms with E-state index < -0.39 is 12.1 Å². The van der Waals surface area contributed by atoms with E-state index >= 15 is 0 Å². The van der Waals surface area contributed by atoms with Gasteiger partial charge in [0.15, 0.2) is 0 Å². The number of amides is 1. The first-order chi connectivity index (χ1) is 45.0. The molecular formula is C85H163NO5. The molecule has 0 saturated heterocycles. The van der Waals surface area contributed by atoms with Gasteiger partial charge in [-0.15, -0.1) is 0 Å². The number of carbonyl (C=O) groups excluding carboxylic acids is 2. The molecule has 91 heavy (non-hydrogen) atoms. The minimum atomic E-state index is -0.845. The van der Waals surface area contributed by atoms with E-state index in [2.05, 4.69) is 43.5 Å². The summed E-state index contributed by atoms with van der Waals surface area (Å²) >= 11 is 0. The maximum absolute atomic E-state index is 12.6. The summed E-state index contributed by atoms with van der Waals surface area (Å²) in [6.07, 6.45) is 106. The molecule has 6 nitrogen and oxygen atoms in total. The molecule has 0 spiro atoms. The quantitative estimate of drug-likeness (QED) is 0.0320. The maximum atomic E-state index is 12.6. The number of aliphatic hydroxyl groups is 2. The van der Waals surface area contributed by atoms with Crippen molar-refractivity contribution in [2.45, 2.75) is 482 Å². The fourth-order valence-electron chi connectivity index (χ4n) is 13.3. The van der Waals surface area contributed by atoms with Gasteiger partial charge in [0, 0.05) is 12.8 Å². The largest absolute Gasteiger partial charge is 0.466 e. The van der Waals surface area contributed by atoms with Gasteiger partial charge in [0.2, 0.25) is 5.91 Å². The van der Waals surface area contributed by atoms with Crippen molar-refractivity contribution in [2.75, 3.05) is 13.2 Å². The van der Waals surface area contributed by atoms with Crippen LogP contribution in [0.5, 0.6) is 0 Å². The van der Waals surface area contributed by atoms with E-state index in [-0.39, 0.29) is 18.5 Å². The van der Waals surface area contributed by atoms with Gasteiger partial charge < -0.3 is 20.3 Å². The van der Waals surface area contributed by atoms with Crippen molar-refractivity contribution in [1.29, 1.82) is 0 Å². The Labute approximate surface area is 570 Å². The van der Waals surface area contributed by atoms with Crippen molar-refractivity contribution in [3.05, 3.63) is 36.5 Å². The number of hydrogen-bond donors (Lipinski definition) is 3.